The lowest BCUT2D eigenvalue weighted by molar-refractivity contribution is -0.145. The summed E-state index contributed by atoms with van der Waals surface area (Å²) in [4.78, 5) is 67.6. The predicted molar refractivity (Wildman–Crippen MR) is 150 cm³/mol. The van der Waals surface area contributed by atoms with E-state index in [1.807, 2.05) is 38.1 Å². The molecule has 4 rings (SSSR count). The fraction of sp³-hybridized carbons (Fsp3) is 0.621. The van der Waals surface area contributed by atoms with Crippen LogP contribution in [0.4, 0.5) is 0 Å². The van der Waals surface area contributed by atoms with Gasteiger partial charge in [0.05, 0.1) is 0 Å². The number of amides is 4. The first-order valence-electron chi connectivity index (χ1n) is 14.1. The van der Waals surface area contributed by atoms with Gasteiger partial charge in [-0.3, -0.25) is 24.0 Å². The van der Waals surface area contributed by atoms with E-state index in [1.54, 1.807) is 11.8 Å². The van der Waals surface area contributed by atoms with E-state index in [1.165, 1.54) is 11.8 Å². The van der Waals surface area contributed by atoms with Gasteiger partial charge in [-0.25, -0.2) is 0 Å². The molecule has 0 saturated carbocycles. The minimum Gasteiger partial charge on any atom is -0.343 e. The molecule has 1 aromatic rings. The van der Waals surface area contributed by atoms with Crippen LogP contribution in [0, 0.1) is 5.92 Å². The van der Waals surface area contributed by atoms with Crippen LogP contribution in [-0.2, 0) is 36.8 Å². The number of carbonyl (C=O) groups is 5. The number of rotatable bonds is 7. The Morgan fingerprint density at radius 3 is 2.36 bits per heavy atom. The van der Waals surface area contributed by atoms with E-state index in [0.717, 1.165) is 29.7 Å². The zero-order chi connectivity index (χ0) is 28.2. The van der Waals surface area contributed by atoms with Gasteiger partial charge in [-0.1, -0.05) is 62.7 Å². The van der Waals surface area contributed by atoms with Gasteiger partial charge in [0.1, 0.15) is 23.7 Å². The smallest absolute Gasteiger partial charge is 0.247 e. The number of thioether (sulfide) groups is 1. The van der Waals surface area contributed by atoms with Crippen LogP contribution in [0.1, 0.15) is 70.4 Å². The van der Waals surface area contributed by atoms with E-state index < -0.39 is 23.7 Å². The first-order chi connectivity index (χ1) is 18.6. The number of hydrogen-bond acceptors (Lipinski definition) is 6. The summed E-state index contributed by atoms with van der Waals surface area (Å²) in [5.74, 6) is -0.821. The fourth-order valence-corrected chi connectivity index (χ4v) is 6.53. The van der Waals surface area contributed by atoms with Crippen molar-refractivity contribution in [2.45, 2.75) is 95.8 Å². The number of hydrogen-bond donors (Lipinski definition) is 3. The van der Waals surface area contributed by atoms with Gasteiger partial charge in [0.25, 0.3) is 0 Å². The normalized spacial score (nSPS) is 24.9. The number of benzene rings is 1. The summed E-state index contributed by atoms with van der Waals surface area (Å²) in [7, 11) is 0. The van der Waals surface area contributed by atoms with Gasteiger partial charge in [0.2, 0.25) is 23.6 Å². The Morgan fingerprint density at radius 1 is 1.03 bits per heavy atom. The SMILES string of the molecule is CC(=O)SCCCCC[C@@H]1NC(=O)[C@H]2CCCN2C(=O)[C@H](C(C)C)NC(=O)C2(Cc3ccccc3C2)NC1=O. The highest BCUT2D eigenvalue weighted by Gasteiger charge is 2.49. The fourth-order valence-electron chi connectivity index (χ4n) is 5.90. The van der Waals surface area contributed by atoms with E-state index in [-0.39, 0.29) is 34.7 Å². The zero-order valence-electron chi connectivity index (χ0n) is 23.1. The third kappa shape index (κ3) is 6.65. The maximum atomic E-state index is 14.0. The molecule has 0 unspecified atom stereocenters. The molecule has 2 saturated heterocycles. The molecule has 1 aromatic carbocycles. The summed E-state index contributed by atoms with van der Waals surface area (Å²) in [5.41, 5.74) is 0.713. The van der Waals surface area contributed by atoms with Crippen molar-refractivity contribution in [2.75, 3.05) is 12.3 Å². The topological polar surface area (TPSA) is 125 Å². The third-order valence-corrected chi connectivity index (χ3v) is 8.93. The molecular weight excluding hydrogens is 516 g/mol. The molecule has 3 N–H and O–H groups in total. The second-order valence-electron chi connectivity index (χ2n) is 11.3. The van der Waals surface area contributed by atoms with Crippen LogP contribution < -0.4 is 16.0 Å². The van der Waals surface area contributed by atoms with Crippen molar-refractivity contribution in [1.29, 1.82) is 0 Å². The standard InChI is InChI=1S/C29H40N4O5S/c1-18(2)24-27(37)33-14-9-13-23(33)26(36)30-22(12-5-4-8-15-39-19(3)34)25(35)32-29(28(38)31-24)16-20-10-6-7-11-21(20)17-29/h6-7,10-11,18,22-24H,4-5,8-9,12-17H2,1-3H3,(H,30,36)(H,31,38)(H,32,35)/t22-,23+,24-/m0/s1. The number of carbonyl (C=O) groups excluding carboxylic acids is 5. The molecule has 2 fully saturated rings. The Bertz CT molecular complexity index is 1100. The molecule has 0 aromatic heterocycles. The van der Waals surface area contributed by atoms with Crippen molar-refractivity contribution in [3.8, 4) is 0 Å². The van der Waals surface area contributed by atoms with E-state index in [9.17, 15) is 24.0 Å². The minimum atomic E-state index is -1.25. The van der Waals surface area contributed by atoms with Crippen molar-refractivity contribution >= 4 is 40.5 Å². The zero-order valence-corrected chi connectivity index (χ0v) is 23.9. The molecule has 2 aliphatic heterocycles. The van der Waals surface area contributed by atoms with Crippen LogP contribution in [0.2, 0.25) is 0 Å². The molecular formula is C29H40N4O5S. The van der Waals surface area contributed by atoms with E-state index >= 15 is 0 Å². The minimum absolute atomic E-state index is 0.0810. The lowest BCUT2D eigenvalue weighted by atomic mass is 9.91. The van der Waals surface area contributed by atoms with Crippen molar-refractivity contribution in [1.82, 2.24) is 20.9 Å². The van der Waals surface area contributed by atoms with E-state index in [0.29, 0.717) is 45.1 Å². The number of unbranched alkanes of at least 4 members (excludes halogenated alkanes) is 2. The van der Waals surface area contributed by atoms with Crippen molar-refractivity contribution in [3.05, 3.63) is 35.4 Å². The number of nitrogens with one attached hydrogen (secondary N) is 3. The van der Waals surface area contributed by atoms with Gasteiger partial charge >= 0.3 is 0 Å². The molecule has 0 bridgehead atoms. The largest absolute Gasteiger partial charge is 0.343 e. The summed E-state index contributed by atoms with van der Waals surface area (Å²) in [6.07, 6.45) is 4.56. The van der Waals surface area contributed by atoms with Gasteiger partial charge in [-0.2, -0.15) is 0 Å². The van der Waals surface area contributed by atoms with Crippen LogP contribution in [0.25, 0.3) is 0 Å². The lowest BCUT2D eigenvalue weighted by Gasteiger charge is -2.37. The van der Waals surface area contributed by atoms with Crippen molar-refractivity contribution < 1.29 is 24.0 Å². The molecule has 1 spiro atoms. The summed E-state index contributed by atoms with van der Waals surface area (Å²) in [6.45, 7) is 5.74. The average molecular weight is 557 g/mol. The van der Waals surface area contributed by atoms with Crippen LogP contribution >= 0.6 is 11.8 Å². The molecule has 39 heavy (non-hydrogen) atoms. The second-order valence-corrected chi connectivity index (χ2v) is 12.6. The molecule has 3 atom stereocenters. The highest BCUT2D eigenvalue weighted by Crippen LogP contribution is 2.32. The highest BCUT2D eigenvalue weighted by molar-refractivity contribution is 8.13. The monoisotopic (exact) mass is 556 g/mol. The number of nitrogens with zero attached hydrogens (tertiary/aromatic N) is 1. The molecule has 4 amide bonds. The van der Waals surface area contributed by atoms with Crippen LogP contribution in [0.3, 0.4) is 0 Å². The number of fused-ring (bicyclic) bond motifs is 2. The van der Waals surface area contributed by atoms with Crippen LogP contribution in [0.5, 0.6) is 0 Å². The van der Waals surface area contributed by atoms with Gasteiger partial charge in [0, 0.05) is 32.1 Å². The molecule has 3 aliphatic rings. The Labute approximate surface area is 234 Å². The Hall–Kier alpha value is -2.88. The van der Waals surface area contributed by atoms with Gasteiger partial charge in [0.15, 0.2) is 5.12 Å². The predicted octanol–water partition coefficient (Wildman–Crippen LogP) is 2.11. The molecule has 0 radical (unpaired) electrons. The van der Waals surface area contributed by atoms with E-state index in [4.69, 9.17) is 0 Å². The first-order valence-corrected chi connectivity index (χ1v) is 15.0. The van der Waals surface area contributed by atoms with Gasteiger partial charge in [-0.05, 0) is 42.7 Å². The summed E-state index contributed by atoms with van der Waals surface area (Å²) < 4.78 is 0. The van der Waals surface area contributed by atoms with Crippen molar-refractivity contribution in [2.24, 2.45) is 5.92 Å². The van der Waals surface area contributed by atoms with Gasteiger partial charge < -0.3 is 20.9 Å². The Balaban J connectivity index is 1.61. The lowest BCUT2D eigenvalue weighted by Crippen LogP contribution is -2.67. The molecule has 10 heteroatoms. The third-order valence-electron chi connectivity index (χ3n) is 8.03. The maximum Gasteiger partial charge on any atom is 0.247 e. The highest BCUT2D eigenvalue weighted by atomic mass is 32.2. The average Bonchev–Trinajstić information content (AvgIpc) is 3.52. The molecule has 1 aliphatic carbocycles. The Morgan fingerprint density at radius 2 is 1.72 bits per heavy atom. The first kappa shape index (κ1) is 29.1. The maximum absolute atomic E-state index is 14.0. The summed E-state index contributed by atoms with van der Waals surface area (Å²) in [6, 6.07) is 5.44. The van der Waals surface area contributed by atoms with Gasteiger partial charge in [-0.15, -0.1) is 0 Å². The molecule has 212 valence electrons. The molecule has 9 nitrogen and oxygen atoms in total. The van der Waals surface area contributed by atoms with Crippen molar-refractivity contribution in [3.63, 3.8) is 0 Å². The van der Waals surface area contributed by atoms with Crippen LogP contribution in [-0.4, -0.2) is 69.6 Å². The van der Waals surface area contributed by atoms with Crippen LogP contribution in [0.15, 0.2) is 24.3 Å². The molecule has 2 heterocycles. The summed E-state index contributed by atoms with van der Waals surface area (Å²) >= 11 is 1.28. The summed E-state index contributed by atoms with van der Waals surface area (Å²) in [5, 5.41) is 9.04. The second kappa shape index (κ2) is 12.5. The Kier molecular flexibility index (Phi) is 9.35. The van der Waals surface area contributed by atoms with E-state index in [2.05, 4.69) is 16.0 Å². The quantitative estimate of drug-likeness (QED) is 0.442.